The van der Waals surface area contributed by atoms with Crippen molar-refractivity contribution in [2.75, 3.05) is 13.8 Å². The van der Waals surface area contributed by atoms with E-state index in [9.17, 15) is 0 Å². The van der Waals surface area contributed by atoms with Gasteiger partial charge in [-0.05, 0) is 46.7 Å². The van der Waals surface area contributed by atoms with Crippen molar-refractivity contribution in [1.29, 1.82) is 0 Å². The molecule has 0 unspecified atom stereocenters. The lowest BCUT2D eigenvalue weighted by molar-refractivity contribution is -0.0580. The van der Waals surface area contributed by atoms with Crippen molar-refractivity contribution in [1.82, 2.24) is 0 Å². The van der Waals surface area contributed by atoms with E-state index < -0.39 is 0 Å². The van der Waals surface area contributed by atoms with E-state index in [-0.39, 0.29) is 18.9 Å². The second-order valence-corrected chi connectivity index (χ2v) is 4.74. The highest BCUT2D eigenvalue weighted by molar-refractivity contribution is 14.1. The van der Waals surface area contributed by atoms with Crippen LogP contribution in [0, 0.1) is 3.57 Å². The minimum absolute atomic E-state index is 0.00759. The van der Waals surface area contributed by atoms with Crippen molar-refractivity contribution in [2.24, 2.45) is 5.73 Å². The van der Waals surface area contributed by atoms with Gasteiger partial charge in [0.15, 0.2) is 0 Å². The first-order chi connectivity index (χ1) is 7.72. The number of methoxy groups -OCH3 is 1. The maximum absolute atomic E-state index is 5.51. The average molecular weight is 335 g/mol. The summed E-state index contributed by atoms with van der Waals surface area (Å²) in [4.78, 5) is 0. The minimum Gasteiger partial charge on any atom is -0.374 e. The molecule has 0 bridgehead atoms. The summed E-state index contributed by atoms with van der Waals surface area (Å²) in [6.45, 7) is 2.29. The highest BCUT2D eigenvalue weighted by atomic mass is 127. The van der Waals surface area contributed by atoms with E-state index in [1.807, 2.05) is 6.07 Å². The van der Waals surface area contributed by atoms with Gasteiger partial charge in [-0.3, -0.25) is 0 Å². The zero-order chi connectivity index (χ0) is 12.0. The molecule has 16 heavy (non-hydrogen) atoms. The molecular weight excluding hydrogens is 317 g/mol. The molecule has 90 valence electrons. The van der Waals surface area contributed by atoms with Crippen molar-refractivity contribution in [3.05, 3.63) is 33.4 Å². The first-order valence-electron chi connectivity index (χ1n) is 5.32. The van der Waals surface area contributed by atoms with Crippen LogP contribution < -0.4 is 5.73 Å². The molecule has 0 aliphatic heterocycles. The fraction of sp³-hybridized carbons (Fsp3) is 0.500. The number of hydrogen-bond donors (Lipinski definition) is 1. The third kappa shape index (κ3) is 3.69. The molecule has 2 atom stereocenters. The van der Waals surface area contributed by atoms with Crippen LogP contribution in [0.25, 0.3) is 0 Å². The molecule has 0 heterocycles. The van der Waals surface area contributed by atoms with E-state index in [1.165, 1.54) is 3.57 Å². The molecule has 1 aromatic rings. The SMILES string of the molecule is CC[C@@H](OCN)[C@H](OC)c1cccc(I)c1. The standard InChI is InChI=1S/C12H18INO2/c1-3-11(16-8-14)12(15-2)9-5-4-6-10(13)7-9/h4-7,11-12H,3,8,14H2,1-2H3/t11-,12-/m1/s1. The molecule has 0 spiro atoms. The summed E-state index contributed by atoms with van der Waals surface area (Å²) in [7, 11) is 1.70. The van der Waals surface area contributed by atoms with Gasteiger partial charge in [-0.25, -0.2) is 0 Å². The summed E-state index contributed by atoms with van der Waals surface area (Å²) in [6.07, 6.45) is 0.831. The predicted molar refractivity (Wildman–Crippen MR) is 73.1 cm³/mol. The minimum atomic E-state index is -0.0525. The van der Waals surface area contributed by atoms with E-state index >= 15 is 0 Å². The highest BCUT2D eigenvalue weighted by Gasteiger charge is 2.21. The number of rotatable bonds is 6. The van der Waals surface area contributed by atoms with Gasteiger partial charge < -0.3 is 15.2 Å². The van der Waals surface area contributed by atoms with Crippen LogP contribution in [-0.4, -0.2) is 19.9 Å². The quantitative estimate of drug-likeness (QED) is 0.642. The molecular formula is C12H18INO2. The van der Waals surface area contributed by atoms with Crippen molar-refractivity contribution in [2.45, 2.75) is 25.6 Å². The van der Waals surface area contributed by atoms with Crippen molar-refractivity contribution < 1.29 is 9.47 Å². The van der Waals surface area contributed by atoms with E-state index in [1.54, 1.807) is 7.11 Å². The Morgan fingerprint density at radius 3 is 2.69 bits per heavy atom. The summed E-state index contributed by atoms with van der Waals surface area (Å²) < 4.78 is 12.2. The largest absolute Gasteiger partial charge is 0.374 e. The number of benzene rings is 1. The van der Waals surface area contributed by atoms with E-state index in [0.717, 1.165) is 12.0 Å². The van der Waals surface area contributed by atoms with Gasteiger partial charge in [0.1, 0.15) is 6.10 Å². The van der Waals surface area contributed by atoms with Crippen LogP contribution in [0.4, 0.5) is 0 Å². The van der Waals surface area contributed by atoms with Crippen LogP contribution in [0.1, 0.15) is 25.0 Å². The molecule has 1 aromatic carbocycles. The molecule has 4 heteroatoms. The van der Waals surface area contributed by atoms with Gasteiger partial charge in [0.2, 0.25) is 0 Å². The Morgan fingerprint density at radius 2 is 2.19 bits per heavy atom. The van der Waals surface area contributed by atoms with Crippen LogP contribution in [-0.2, 0) is 9.47 Å². The Kier molecular flexibility index (Phi) is 6.26. The molecule has 1 rings (SSSR count). The second kappa shape index (κ2) is 7.21. The molecule has 0 aliphatic carbocycles. The maximum Gasteiger partial charge on any atom is 0.108 e. The molecule has 3 nitrogen and oxygen atoms in total. The summed E-state index contributed by atoms with van der Waals surface area (Å²) in [5.74, 6) is 0. The van der Waals surface area contributed by atoms with E-state index in [2.05, 4.69) is 47.7 Å². The Balaban J connectivity index is 2.87. The molecule has 0 fully saturated rings. The average Bonchev–Trinajstić information content (AvgIpc) is 2.29. The highest BCUT2D eigenvalue weighted by Crippen LogP contribution is 2.25. The van der Waals surface area contributed by atoms with Crippen molar-refractivity contribution in [3.63, 3.8) is 0 Å². The molecule has 2 N–H and O–H groups in total. The van der Waals surface area contributed by atoms with Crippen LogP contribution in [0.15, 0.2) is 24.3 Å². The molecule has 0 radical (unpaired) electrons. The molecule has 0 saturated heterocycles. The fourth-order valence-electron chi connectivity index (χ4n) is 1.73. The smallest absolute Gasteiger partial charge is 0.108 e. The van der Waals surface area contributed by atoms with Crippen molar-refractivity contribution in [3.8, 4) is 0 Å². The van der Waals surface area contributed by atoms with Gasteiger partial charge in [0.05, 0.1) is 12.8 Å². The third-order valence-corrected chi connectivity index (χ3v) is 3.15. The molecule has 0 aromatic heterocycles. The normalized spacial score (nSPS) is 14.8. The van der Waals surface area contributed by atoms with Crippen LogP contribution in [0.3, 0.4) is 0 Å². The van der Waals surface area contributed by atoms with Gasteiger partial charge in [0, 0.05) is 10.7 Å². The second-order valence-electron chi connectivity index (χ2n) is 3.49. The molecule has 0 amide bonds. The Bertz CT molecular complexity index is 320. The number of halogens is 1. The summed E-state index contributed by atoms with van der Waals surface area (Å²) in [6, 6.07) is 8.25. The Hall–Kier alpha value is -0.170. The first-order valence-corrected chi connectivity index (χ1v) is 6.40. The third-order valence-electron chi connectivity index (χ3n) is 2.48. The number of nitrogens with two attached hydrogens (primary N) is 1. The summed E-state index contributed by atoms with van der Waals surface area (Å²) in [5.41, 5.74) is 6.56. The summed E-state index contributed by atoms with van der Waals surface area (Å²) in [5, 5.41) is 0. The van der Waals surface area contributed by atoms with Crippen LogP contribution in [0.5, 0.6) is 0 Å². The lowest BCUT2D eigenvalue weighted by Gasteiger charge is -2.25. The van der Waals surface area contributed by atoms with Gasteiger partial charge in [-0.15, -0.1) is 0 Å². The predicted octanol–water partition coefficient (Wildman–Crippen LogP) is 2.69. The van der Waals surface area contributed by atoms with Gasteiger partial charge in [0.25, 0.3) is 0 Å². The van der Waals surface area contributed by atoms with E-state index in [4.69, 9.17) is 15.2 Å². The van der Waals surface area contributed by atoms with Gasteiger partial charge in [-0.2, -0.15) is 0 Å². The number of ether oxygens (including phenoxy) is 2. The van der Waals surface area contributed by atoms with Gasteiger partial charge >= 0.3 is 0 Å². The fourth-order valence-corrected chi connectivity index (χ4v) is 2.30. The maximum atomic E-state index is 5.51. The first kappa shape index (κ1) is 13.9. The van der Waals surface area contributed by atoms with Crippen molar-refractivity contribution >= 4 is 22.6 Å². The van der Waals surface area contributed by atoms with Crippen LogP contribution >= 0.6 is 22.6 Å². The zero-order valence-electron chi connectivity index (χ0n) is 9.65. The monoisotopic (exact) mass is 335 g/mol. The zero-order valence-corrected chi connectivity index (χ0v) is 11.8. The lowest BCUT2D eigenvalue weighted by Crippen LogP contribution is -2.26. The topological polar surface area (TPSA) is 44.5 Å². The van der Waals surface area contributed by atoms with E-state index in [0.29, 0.717) is 0 Å². The lowest BCUT2D eigenvalue weighted by atomic mass is 10.0. The molecule has 0 saturated carbocycles. The number of hydrogen-bond acceptors (Lipinski definition) is 3. The Morgan fingerprint density at radius 1 is 1.44 bits per heavy atom. The van der Waals surface area contributed by atoms with Crippen LogP contribution in [0.2, 0.25) is 0 Å². The van der Waals surface area contributed by atoms with Gasteiger partial charge in [-0.1, -0.05) is 19.1 Å². The summed E-state index contributed by atoms with van der Waals surface area (Å²) >= 11 is 2.29. The Labute approximate surface area is 110 Å². The molecule has 0 aliphatic rings.